The molecule has 2 saturated heterocycles. The minimum atomic E-state index is -0.339. The standard InChI is InChI=1S/C24H34N2O3/c1-3-17-14-23(28)29-24-19(17)10-11-22(27)20(24)16-25(4-2)15-18-8-7-13-26-12-6-5-9-21(18)26/h10-11,14,18,21,27H,3-9,12-13,15-16H2,1-2H3/t18-,21-/m0/s1. The van der Waals surface area contributed by atoms with Crippen molar-refractivity contribution in [1.29, 1.82) is 0 Å². The van der Waals surface area contributed by atoms with E-state index in [1.54, 1.807) is 12.1 Å². The molecule has 0 saturated carbocycles. The topological polar surface area (TPSA) is 56.9 Å². The summed E-state index contributed by atoms with van der Waals surface area (Å²) in [7, 11) is 0. The smallest absolute Gasteiger partial charge is 0.336 e. The van der Waals surface area contributed by atoms with Crippen molar-refractivity contribution >= 4 is 11.0 Å². The summed E-state index contributed by atoms with van der Waals surface area (Å²) in [5, 5.41) is 11.5. The quantitative estimate of drug-likeness (QED) is 0.741. The van der Waals surface area contributed by atoms with E-state index in [-0.39, 0.29) is 11.4 Å². The Labute approximate surface area is 173 Å². The van der Waals surface area contributed by atoms with Gasteiger partial charge in [0.2, 0.25) is 0 Å². The van der Waals surface area contributed by atoms with Crippen LogP contribution >= 0.6 is 0 Å². The molecule has 1 aromatic carbocycles. The van der Waals surface area contributed by atoms with E-state index < -0.39 is 0 Å². The summed E-state index contributed by atoms with van der Waals surface area (Å²) in [5.74, 6) is 0.898. The largest absolute Gasteiger partial charge is 0.507 e. The second-order valence-electron chi connectivity index (χ2n) is 8.71. The SMILES string of the molecule is CCc1cc(=O)oc2c(CN(CC)C[C@@H]3CCCN4CCCC[C@@H]34)c(O)ccc12. The van der Waals surface area contributed by atoms with Gasteiger partial charge in [-0.2, -0.15) is 0 Å². The fourth-order valence-corrected chi connectivity index (χ4v) is 5.43. The Bertz CT molecular complexity index is 905. The molecular weight excluding hydrogens is 364 g/mol. The zero-order chi connectivity index (χ0) is 20.4. The molecule has 29 heavy (non-hydrogen) atoms. The van der Waals surface area contributed by atoms with E-state index in [0.717, 1.165) is 36.0 Å². The first kappa shape index (κ1) is 20.4. The molecule has 0 aliphatic carbocycles. The number of aromatic hydroxyl groups is 1. The first-order valence-electron chi connectivity index (χ1n) is 11.3. The van der Waals surface area contributed by atoms with Crippen LogP contribution in [0.1, 0.15) is 57.1 Å². The molecule has 5 heteroatoms. The van der Waals surface area contributed by atoms with Gasteiger partial charge in [-0.1, -0.05) is 20.3 Å². The van der Waals surface area contributed by atoms with E-state index in [4.69, 9.17) is 4.42 Å². The highest BCUT2D eigenvalue weighted by Crippen LogP contribution is 2.33. The number of phenolic OH excluding ortho intramolecular Hbond substituents is 1. The molecule has 2 atom stereocenters. The Balaban J connectivity index is 1.60. The third-order valence-corrected chi connectivity index (χ3v) is 7.01. The average molecular weight is 399 g/mol. The number of nitrogens with zero attached hydrogens (tertiary/aromatic N) is 2. The summed E-state index contributed by atoms with van der Waals surface area (Å²) in [6.45, 7) is 9.28. The molecule has 0 radical (unpaired) electrons. The number of aryl methyl sites for hydroxylation is 1. The zero-order valence-corrected chi connectivity index (χ0v) is 17.8. The van der Waals surface area contributed by atoms with Crippen molar-refractivity contribution in [1.82, 2.24) is 9.80 Å². The van der Waals surface area contributed by atoms with E-state index in [1.807, 2.05) is 13.0 Å². The van der Waals surface area contributed by atoms with Gasteiger partial charge < -0.3 is 14.4 Å². The average Bonchev–Trinajstić information content (AvgIpc) is 2.74. The second kappa shape index (κ2) is 8.88. The highest BCUT2D eigenvalue weighted by atomic mass is 16.4. The van der Waals surface area contributed by atoms with Crippen molar-refractivity contribution in [2.24, 2.45) is 5.92 Å². The van der Waals surface area contributed by atoms with Crippen LogP contribution in [0.25, 0.3) is 11.0 Å². The van der Waals surface area contributed by atoms with Crippen molar-refractivity contribution in [3.8, 4) is 5.75 Å². The van der Waals surface area contributed by atoms with Crippen LogP contribution in [0.15, 0.2) is 27.4 Å². The van der Waals surface area contributed by atoms with E-state index in [0.29, 0.717) is 24.1 Å². The summed E-state index contributed by atoms with van der Waals surface area (Å²) in [6.07, 6.45) is 7.34. The molecule has 2 aromatic rings. The molecule has 0 amide bonds. The van der Waals surface area contributed by atoms with Crippen LogP contribution in [0.3, 0.4) is 0 Å². The fraction of sp³-hybridized carbons (Fsp3) is 0.625. The number of benzene rings is 1. The van der Waals surface area contributed by atoms with Gasteiger partial charge in [0.15, 0.2) is 0 Å². The fourth-order valence-electron chi connectivity index (χ4n) is 5.43. The van der Waals surface area contributed by atoms with Gasteiger partial charge in [-0.05, 0) is 75.4 Å². The van der Waals surface area contributed by atoms with Gasteiger partial charge in [-0.25, -0.2) is 4.79 Å². The van der Waals surface area contributed by atoms with Gasteiger partial charge >= 0.3 is 5.63 Å². The summed E-state index contributed by atoms with van der Waals surface area (Å²) in [4.78, 5) is 17.2. The Morgan fingerprint density at radius 3 is 2.79 bits per heavy atom. The van der Waals surface area contributed by atoms with Crippen molar-refractivity contribution in [3.63, 3.8) is 0 Å². The monoisotopic (exact) mass is 398 g/mol. The number of piperidine rings is 2. The molecule has 0 bridgehead atoms. The predicted molar refractivity (Wildman–Crippen MR) is 116 cm³/mol. The molecule has 4 rings (SSSR count). The Morgan fingerprint density at radius 1 is 1.17 bits per heavy atom. The molecule has 158 valence electrons. The minimum absolute atomic E-state index is 0.218. The molecule has 1 N–H and O–H groups in total. The number of rotatable bonds is 6. The maximum Gasteiger partial charge on any atom is 0.336 e. The van der Waals surface area contributed by atoms with Gasteiger partial charge in [0, 0.05) is 30.6 Å². The number of fused-ring (bicyclic) bond motifs is 2. The van der Waals surface area contributed by atoms with Crippen LogP contribution in [0.5, 0.6) is 5.75 Å². The van der Waals surface area contributed by atoms with Crippen LogP contribution in [-0.2, 0) is 13.0 Å². The van der Waals surface area contributed by atoms with Gasteiger partial charge in [0.25, 0.3) is 0 Å². The molecule has 5 nitrogen and oxygen atoms in total. The molecule has 1 aromatic heterocycles. The third kappa shape index (κ3) is 4.22. The molecular formula is C24H34N2O3. The molecule has 2 aliphatic heterocycles. The Hall–Kier alpha value is -1.85. The van der Waals surface area contributed by atoms with Crippen molar-refractivity contribution < 1.29 is 9.52 Å². The van der Waals surface area contributed by atoms with Crippen molar-refractivity contribution in [3.05, 3.63) is 39.7 Å². The lowest BCUT2D eigenvalue weighted by Crippen LogP contribution is -2.50. The third-order valence-electron chi connectivity index (χ3n) is 7.01. The highest BCUT2D eigenvalue weighted by molar-refractivity contribution is 5.85. The zero-order valence-electron chi connectivity index (χ0n) is 17.8. The maximum absolute atomic E-state index is 12.1. The normalized spacial score (nSPS) is 22.9. The van der Waals surface area contributed by atoms with Crippen molar-refractivity contribution in [2.75, 3.05) is 26.2 Å². The molecule has 2 fully saturated rings. The number of hydrogen-bond donors (Lipinski definition) is 1. The lowest BCUT2D eigenvalue weighted by Gasteiger charge is -2.45. The predicted octanol–water partition coefficient (Wildman–Crippen LogP) is 4.15. The van der Waals surface area contributed by atoms with Crippen LogP contribution in [-0.4, -0.2) is 47.1 Å². The lowest BCUT2D eigenvalue weighted by atomic mass is 9.83. The van der Waals surface area contributed by atoms with Gasteiger partial charge in [0.1, 0.15) is 11.3 Å². The van der Waals surface area contributed by atoms with Crippen LogP contribution in [0.2, 0.25) is 0 Å². The van der Waals surface area contributed by atoms with Crippen LogP contribution < -0.4 is 5.63 Å². The molecule has 3 heterocycles. The summed E-state index contributed by atoms with van der Waals surface area (Å²) in [5.41, 5.74) is 1.93. The lowest BCUT2D eigenvalue weighted by molar-refractivity contribution is 0.0398. The number of phenols is 1. The van der Waals surface area contributed by atoms with E-state index in [9.17, 15) is 9.90 Å². The molecule has 0 spiro atoms. The van der Waals surface area contributed by atoms with Gasteiger partial charge in [-0.15, -0.1) is 0 Å². The summed E-state index contributed by atoms with van der Waals surface area (Å²) in [6, 6.07) is 5.89. The number of hydrogen-bond acceptors (Lipinski definition) is 5. The van der Waals surface area contributed by atoms with Crippen LogP contribution in [0, 0.1) is 5.92 Å². The van der Waals surface area contributed by atoms with Gasteiger partial charge in [-0.3, -0.25) is 4.90 Å². The van der Waals surface area contributed by atoms with Gasteiger partial charge in [0.05, 0.1) is 5.56 Å². The summed E-state index contributed by atoms with van der Waals surface area (Å²) < 4.78 is 5.59. The highest BCUT2D eigenvalue weighted by Gasteiger charge is 2.33. The minimum Gasteiger partial charge on any atom is -0.507 e. The van der Waals surface area contributed by atoms with Crippen LogP contribution in [0.4, 0.5) is 0 Å². The Morgan fingerprint density at radius 2 is 2.00 bits per heavy atom. The van der Waals surface area contributed by atoms with E-state index in [1.165, 1.54) is 45.2 Å². The maximum atomic E-state index is 12.1. The second-order valence-corrected chi connectivity index (χ2v) is 8.71. The van der Waals surface area contributed by atoms with E-state index >= 15 is 0 Å². The first-order chi connectivity index (χ1) is 14.1. The molecule has 2 aliphatic rings. The van der Waals surface area contributed by atoms with Crippen molar-refractivity contribution in [2.45, 2.75) is 65.0 Å². The first-order valence-corrected chi connectivity index (χ1v) is 11.3. The molecule has 0 unspecified atom stereocenters. The van der Waals surface area contributed by atoms with E-state index in [2.05, 4.69) is 16.7 Å². The summed E-state index contributed by atoms with van der Waals surface area (Å²) >= 11 is 0. The Kier molecular flexibility index (Phi) is 6.26.